The summed E-state index contributed by atoms with van der Waals surface area (Å²) < 4.78 is 33.3. The first-order valence-electron chi connectivity index (χ1n) is 21.8. The molecular formula is C43H84NO7P. The molecule has 9 heteroatoms. The number of phosphoric ester groups is 1. The van der Waals surface area contributed by atoms with E-state index in [2.05, 4.69) is 32.1 Å². The molecular weight excluding hydrogens is 673 g/mol. The summed E-state index contributed by atoms with van der Waals surface area (Å²) in [6.45, 7) is 4.82. The zero-order valence-corrected chi connectivity index (χ0v) is 35.0. The van der Waals surface area contributed by atoms with E-state index in [-0.39, 0.29) is 38.8 Å². The van der Waals surface area contributed by atoms with Crippen molar-refractivity contribution in [2.45, 2.75) is 213 Å². The van der Waals surface area contributed by atoms with E-state index in [1.54, 1.807) is 0 Å². The Morgan fingerprint density at radius 1 is 0.558 bits per heavy atom. The third-order valence-corrected chi connectivity index (χ3v) is 10.3. The first kappa shape index (κ1) is 51.0. The van der Waals surface area contributed by atoms with E-state index in [1.807, 2.05) is 6.08 Å². The van der Waals surface area contributed by atoms with E-state index in [9.17, 15) is 14.3 Å². The molecule has 0 saturated heterocycles. The van der Waals surface area contributed by atoms with Gasteiger partial charge in [0.15, 0.2) is 0 Å². The molecule has 0 bridgehead atoms. The second-order valence-corrected chi connectivity index (χ2v) is 16.0. The van der Waals surface area contributed by atoms with E-state index in [1.165, 1.54) is 154 Å². The van der Waals surface area contributed by atoms with Crippen molar-refractivity contribution in [2.24, 2.45) is 5.73 Å². The average molecular weight is 758 g/mol. The quantitative estimate of drug-likeness (QED) is 0.0273. The summed E-state index contributed by atoms with van der Waals surface area (Å²) in [7, 11) is -4.29. The van der Waals surface area contributed by atoms with Crippen molar-refractivity contribution >= 4 is 13.8 Å². The molecule has 0 aromatic carbocycles. The van der Waals surface area contributed by atoms with E-state index >= 15 is 0 Å². The second-order valence-electron chi connectivity index (χ2n) is 14.6. The molecule has 0 aliphatic rings. The molecule has 3 N–H and O–H groups in total. The van der Waals surface area contributed by atoms with Gasteiger partial charge in [0.1, 0.15) is 6.10 Å². The third-order valence-electron chi connectivity index (χ3n) is 9.35. The molecule has 0 heterocycles. The van der Waals surface area contributed by atoms with Gasteiger partial charge in [0.25, 0.3) is 0 Å². The Balaban J connectivity index is 4.08. The third kappa shape index (κ3) is 40.2. The predicted molar refractivity (Wildman–Crippen MR) is 220 cm³/mol. The van der Waals surface area contributed by atoms with Crippen LogP contribution in [-0.2, 0) is 27.9 Å². The molecule has 0 rings (SSSR count). The van der Waals surface area contributed by atoms with Crippen molar-refractivity contribution in [3.63, 3.8) is 0 Å². The minimum Gasteiger partial charge on any atom is -0.457 e. The zero-order valence-electron chi connectivity index (χ0n) is 34.1. The van der Waals surface area contributed by atoms with Gasteiger partial charge in [0.05, 0.1) is 19.8 Å². The van der Waals surface area contributed by atoms with Crippen LogP contribution in [0, 0.1) is 0 Å². The van der Waals surface area contributed by atoms with E-state index in [0.717, 1.165) is 25.7 Å². The van der Waals surface area contributed by atoms with Crippen molar-refractivity contribution in [3.05, 3.63) is 24.3 Å². The number of carbonyl (C=O) groups excluding carboxylic acids is 1. The molecule has 0 radical (unpaired) electrons. The van der Waals surface area contributed by atoms with Crippen LogP contribution >= 0.6 is 7.82 Å². The maximum atomic E-state index is 12.5. The number of esters is 1. The molecule has 0 saturated carbocycles. The second kappa shape index (κ2) is 41.1. The Labute approximate surface area is 321 Å². The fourth-order valence-electron chi connectivity index (χ4n) is 6.14. The Hall–Kier alpha value is -1.02. The van der Waals surface area contributed by atoms with Crippen LogP contribution in [-0.4, -0.2) is 49.9 Å². The summed E-state index contributed by atoms with van der Waals surface area (Å²) in [5, 5.41) is 0. The molecule has 2 unspecified atom stereocenters. The maximum absolute atomic E-state index is 12.5. The monoisotopic (exact) mass is 758 g/mol. The molecule has 0 spiro atoms. The minimum absolute atomic E-state index is 0.0833. The van der Waals surface area contributed by atoms with Crippen molar-refractivity contribution in [1.82, 2.24) is 0 Å². The largest absolute Gasteiger partial charge is 0.472 e. The first-order valence-corrected chi connectivity index (χ1v) is 23.3. The SMILES string of the molecule is CCCCCCCCCCCCCC=CCCCOCC(COP(=O)(O)OCCN)OC(=O)CCC=CCCCCCCCCCCCCCCC. The number of allylic oxidation sites excluding steroid dienone is 4. The lowest BCUT2D eigenvalue weighted by atomic mass is 10.0. The molecule has 0 fully saturated rings. The fraction of sp³-hybridized carbons (Fsp3) is 0.884. The Morgan fingerprint density at radius 2 is 0.962 bits per heavy atom. The van der Waals surface area contributed by atoms with Crippen LogP contribution in [0.15, 0.2) is 24.3 Å². The molecule has 8 nitrogen and oxygen atoms in total. The summed E-state index contributed by atoms with van der Waals surface area (Å²) >= 11 is 0. The average Bonchev–Trinajstić information content (AvgIpc) is 3.13. The van der Waals surface area contributed by atoms with Crippen molar-refractivity contribution < 1.29 is 32.8 Å². The summed E-state index contributed by atoms with van der Waals surface area (Å²) in [4.78, 5) is 22.4. The number of rotatable bonds is 42. The normalized spacial score (nSPS) is 13.7. The molecule has 0 aromatic heterocycles. The fourth-order valence-corrected chi connectivity index (χ4v) is 6.91. The van der Waals surface area contributed by atoms with Crippen LogP contribution in [0.4, 0.5) is 0 Å². The number of carbonyl (C=O) groups is 1. The van der Waals surface area contributed by atoms with Gasteiger partial charge in [0, 0.05) is 19.6 Å². The van der Waals surface area contributed by atoms with Crippen LogP contribution in [0.2, 0.25) is 0 Å². The molecule has 52 heavy (non-hydrogen) atoms. The lowest BCUT2D eigenvalue weighted by molar-refractivity contribution is -0.154. The van der Waals surface area contributed by atoms with Crippen LogP contribution < -0.4 is 5.73 Å². The number of ether oxygens (including phenoxy) is 2. The van der Waals surface area contributed by atoms with Gasteiger partial charge in [-0.1, -0.05) is 179 Å². The number of nitrogens with two attached hydrogens (primary N) is 1. The molecule has 0 aliphatic heterocycles. The van der Waals surface area contributed by atoms with Crippen molar-refractivity contribution in [1.29, 1.82) is 0 Å². The summed E-state index contributed by atoms with van der Waals surface area (Å²) in [5.41, 5.74) is 5.36. The zero-order chi connectivity index (χ0) is 38.1. The number of phosphoric acid groups is 1. The maximum Gasteiger partial charge on any atom is 0.472 e. The van der Waals surface area contributed by atoms with Crippen LogP contribution in [0.1, 0.15) is 206 Å². The highest BCUT2D eigenvalue weighted by Gasteiger charge is 2.25. The van der Waals surface area contributed by atoms with Crippen LogP contribution in [0.3, 0.4) is 0 Å². The Morgan fingerprint density at radius 3 is 1.40 bits per heavy atom. The molecule has 0 aliphatic carbocycles. The number of unbranched alkanes of at least 4 members (excludes halogenated alkanes) is 25. The highest BCUT2D eigenvalue weighted by molar-refractivity contribution is 7.47. The standard InChI is InChI=1S/C43H84NO7P/c1-3-5-7-9-11-13-15-17-19-21-22-24-26-28-30-32-34-36-43(45)51-42(41-50-52(46,47)49-39-37-44)40-48-38-35-33-31-29-27-25-23-20-18-16-14-12-10-8-6-4-2/h29-32,42H,3-28,33-41,44H2,1-2H3,(H,46,47). The molecule has 308 valence electrons. The van der Waals surface area contributed by atoms with E-state index in [4.69, 9.17) is 24.3 Å². The van der Waals surface area contributed by atoms with Crippen molar-refractivity contribution in [2.75, 3.05) is 33.0 Å². The van der Waals surface area contributed by atoms with Gasteiger partial charge in [-0.3, -0.25) is 13.8 Å². The lowest BCUT2D eigenvalue weighted by Gasteiger charge is -2.19. The summed E-state index contributed by atoms with van der Waals surface area (Å²) in [5.74, 6) is -0.385. The van der Waals surface area contributed by atoms with Gasteiger partial charge in [-0.25, -0.2) is 4.57 Å². The molecule has 2 atom stereocenters. The highest BCUT2D eigenvalue weighted by Crippen LogP contribution is 2.43. The predicted octanol–water partition coefficient (Wildman–Crippen LogP) is 12.9. The Bertz CT molecular complexity index is 853. The van der Waals surface area contributed by atoms with Crippen molar-refractivity contribution in [3.8, 4) is 0 Å². The first-order chi connectivity index (χ1) is 25.4. The van der Waals surface area contributed by atoms with Gasteiger partial charge in [-0.15, -0.1) is 0 Å². The molecule has 0 amide bonds. The molecule has 0 aromatic rings. The van der Waals surface area contributed by atoms with Crippen LogP contribution in [0.5, 0.6) is 0 Å². The number of hydrogen-bond acceptors (Lipinski definition) is 7. The summed E-state index contributed by atoms with van der Waals surface area (Å²) in [6.07, 6.45) is 45.1. The van der Waals surface area contributed by atoms with Crippen LogP contribution in [0.25, 0.3) is 0 Å². The highest BCUT2D eigenvalue weighted by atomic mass is 31.2. The number of hydrogen-bond donors (Lipinski definition) is 2. The van der Waals surface area contributed by atoms with Gasteiger partial charge >= 0.3 is 13.8 Å². The van der Waals surface area contributed by atoms with E-state index < -0.39 is 13.9 Å². The van der Waals surface area contributed by atoms with E-state index in [0.29, 0.717) is 13.0 Å². The van der Waals surface area contributed by atoms with Gasteiger partial charge < -0.3 is 20.1 Å². The minimum atomic E-state index is -4.29. The lowest BCUT2D eigenvalue weighted by Crippen LogP contribution is -2.28. The van der Waals surface area contributed by atoms with Gasteiger partial charge in [-0.2, -0.15) is 0 Å². The van der Waals surface area contributed by atoms with Gasteiger partial charge in [-0.05, 0) is 44.9 Å². The topological polar surface area (TPSA) is 117 Å². The Kier molecular flexibility index (Phi) is 40.3. The smallest absolute Gasteiger partial charge is 0.457 e. The van der Waals surface area contributed by atoms with Gasteiger partial charge in [0.2, 0.25) is 0 Å². The summed E-state index contributed by atoms with van der Waals surface area (Å²) in [6, 6.07) is 0.